The van der Waals surface area contributed by atoms with Crippen LogP contribution in [0.1, 0.15) is 15.9 Å². The molecule has 0 saturated carbocycles. The fraction of sp³-hybridized carbons (Fsp3) is 0.0667. The average molecular weight is 396 g/mol. The van der Waals surface area contributed by atoms with Crippen LogP contribution in [-0.4, -0.2) is 11.0 Å². The van der Waals surface area contributed by atoms with E-state index in [2.05, 4.69) is 33.2 Å². The molecule has 2 aromatic rings. The van der Waals surface area contributed by atoms with Gasteiger partial charge < -0.3 is 5.32 Å². The van der Waals surface area contributed by atoms with E-state index in [1.54, 1.807) is 6.07 Å². The summed E-state index contributed by atoms with van der Waals surface area (Å²) in [5.74, 6) is -0.208. The summed E-state index contributed by atoms with van der Waals surface area (Å²) in [5, 5.41) is 5.97. The Morgan fingerprint density at radius 3 is 2.60 bits per heavy atom. The number of carbonyl (C=O) groups excluding carboxylic acids is 1. The summed E-state index contributed by atoms with van der Waals surface area (Å²) in [7, 11) is 0. The van der Waals surface area contributed by atoms with Crippen molar-refractivity contribution >= 4 is 51.5 Å². The summed E-state index contributed by atoms with van der Waals surface area (Å²) < 4.78 is 0.890. The minimum atomic E-state index is -0.208. The smallest absolute Gasteiger partial charge is 0.258 e. The number of carbonyl (C=O) groups is 1. The third-order valence-electron chi connectivity index (χ3n) is 2.62. The molecule has 0 aliphatic heterocycles. The lowest BCUT2D eigenvalue weighted by molar-refractivity contribution is 0.0977. The number of halogens is 1. The van der Waals surface area contributed by atoms with Crippen LogP contribution in [0.4, 0.5) is 5.69 Å². The van der Waals surface area contributed by atoms with Crippen LogP contribution in [-0.2, 0) is 0 Å². The first-order valence-electron chi connectivity index (χ1n) is 6.00. The molecule has 0 unspecified atom stereocenters. The van der Waals surface area contributed by atoms with Crippen molar-refractivity contribution in [3.8, 4) is 0 Å². The maximum absolute atomic E-state index is 12.1. The molecule has 0 atom stereocenters. The summed E-state index contributed by atoms with van der Waals surface area (Å²) in [6.45, 7) is 2.00. The molecule has 2 N–H and O–H groups in total. The molecule has 2 rings (SSSR count). The van der Waals surface area contributed by atoms with Crippen molar-refractivity contribution < 1.29 is 4.79 Å². The lowest BCUT2D eigenvalue weighted by Crippen LogP contribution is -2.34. The van der Waals surface area contributed by atoms with Crippen molar-refractivity contribution in [2.45, 2.75) is 6.92 Å². The van der Waals surface area contributed by atoms with Gasteiger partial charge in [0, 0.05) is 9.26 Å². The fourth-order valence-electron chi connectivity index (χ4n) is 1.70. The third kappa shape index (κ3) is 4.01. The van der Waals surface area contributed by atoms with Crippen molar-refractivity contribution in [1.82, 2.24) is 5.32 Å². The van der Waals surface area contributed by atoms with Crippen LogP contribution in [0.2, 0.25) is 0 Å². The van der Waals surface area contributed by atoms with Crippen LogP contribution in [0.15, 0.2) is 48.5 Å². The lowest BCUT2D eigenvalue weighted by atomic mass is 10.2. The number of nitrogens with one attached hydrogen (secondary N) is 2. The number of hydrogen-bond acceptors (Lipinski definition) is 2. The van der Waals surface area contributed by atoms with Crippen LogP contribution in [0.25, 0.3) is 0 Å². The lowest BCUT2D eigenvalue weighted by Gasteiger charge is -2.10. The quantitative estimate of drug-likeness (QED) is 0.601. The van der Waals surface area contributed by atoms with Crippen molar-refractivity contribution in [1.29, 1.82) is 0 Å². The van der Waals surface area contributed by atoms with Crippen LogP contribution in [0, 0.1) is 10.5 Å². The van der Waals surface area contributed by atoms with Gasteiger partial charge in [-0.15, -0.1) is 0 Å². The number of aryl methyl sites for hydroxylation is 1. The maximum atomic E-state index is 12.1. The molecule has 0 saturated heterocycles. The molecule has 0 radical (unpaired) electrons. The molecule has 0 heterocycles. The van der Waals surface area contributed by atoms with Gasteiger partial charge in [-0.1, -0.05) is 24.3 Å². The number of hydrogen-bond donors (Lipinski definition) is 2. The van der Waals surface area contributed by atoms with Crippen molar-refractivity contribution in [3.63, 3.8) is 0 Å². The Morgan fingerprint density at radius 2 is 1.90 bits per heavy atom. The van der Waals surface area contributed by atoms with E-state index in [4.69, 9.17) is 12.2 Å². The minimum Gasteiger partial charge on any atom is -0.332 e. The Kier molecular flexibility index (Phi) is 5.08. The van der Waals surface area contributed by atoms with Gasteiger partial charge in [0.25, 0.3) is 5.91 Å². The average Bonchev–Trinajstić information content (AvgIpc) is 2.38. The molecular formula is C15H13IN2OS. The molecular weight excluding hydrogens is 383 g/mol. The van der Waals surface area contributed by atoms with E-state index < -0.39 is 0 Å². The molecule has 0 aromatic heterocycles. The van der Waals surface area contributed by atoms with E-state index in [-0.39, 0.29) is 5.91 Å². The first kappa shape index (κ1) is 14.9. The van der Waals surface area contributed by atoms with Gasteiger partial charge in [-0.2, -0.15) is 0 Å². The van der Waals surface area contributed by atoms with E-state index in [0.717, 1.165) is 14.8 Å². The molecule has 0 spiro atoms. The molecule has 102 valence electrons. The Bertz CT molecular complexity index is 658. The monoisotopic (exact) mass is 396 g/mol. The van der Waals surface area contributed by atoms with Crippen molar-refractivity contribution in [3.05, 3.63) is 63.2 Å². The van der Waals surface area contributed by atoms with E-state index in [1.807, 2.05) is 49.4 Å². The zero-order valence-corrected chi connectivity index (χ0v) is 13.8. The highest BCUT2D eigenvalue weighted by Gasteiger charge is 2.10. The van der Waals surface area contributed by atoms with E-state index in [0.29, 0.717) is 10.7 Å². The molecule has 5 heteroatoms. The predicted molar refractivity (Wildman–Crippen MR) is 94.0 cm³/mol. The molecule has 20 heavy (non-hydrogen) atoms. The number of rotatable bonds is 2. The second kappa shape index (κ2) is 6.81. The standard InChI is InChI=1S/C15H13IN2OS/c1-10-5-4-6-11(9-10)17-15(20)18-14(19)12-7-2-3-8-13(12)16/h2-9H,1H3,(H2,17,18,19,20). The highest BCUT2D eigenvalue weighted by Crippen LogP contribution is 2.12. The number of amides is 1. The van der Waals surface area contributed by atoms with Crippen LogP contribution in [0.5, 0.6) is 0 Å². The molecule has 0 aliphatic rings. The summed E-state index contributed by atoms with van der Waals surface area (Å²) in [4.78, 5) is 12.1. The zero-order chi connectivity index (χ0) is 14.5. The van der Waals surface area contributed by atoms with E-state index in [9.17, 15) is 4.79 Å². The van der Waals surface area contributed by atoms with Gasteiger partial charge in [0.15, 0.2) is 5.11 Å². The third-order valence-corrected chi connectivity index (χ3v) is 3.77. The molecule has 0 aliphatic carbocycles. The van der Waals surface area contributed by atoms with Gasteiger partial charge in [-0.3, -0.25) is 10.1 Å². The van der Waals surface area contributed by atoms with Gasteiger partial charge in [0.05, 0.1) is 5.56 Å². The molecule has 1 amide bonds. The Balaban J connectivity index is 2.02. The van der Waals surface area contributed by atoms with Crippen molar-refractivity contribution in [2.75, 3.05) is 5.32 Å². The number of anilines is 1. The molecule has 3 nitrogen and oxygen atoms in total. The first-order chi connectivity index (χ1) is 9.56. The van der Waals surface area contributed by atoms with E-state index >= 15 is 0 Å². The highest BCUT2D eigenvalue weighted by molar-refractivity contribution is 14.1. The summed E-state index contributed by atoms with van der Waals surface area (Å²) in [6.07, 6.45) is 0. The second-order valence-corrected chi connectivity index (χ2v) is 5.83. The fourth-order valence-corrected chi connectivity index (χ4v) is 2.54. The van der Waals surface area contributed by atoms with E-state index in [1.165, 1.54) is 0 Å². The van der Waals surface area contributed by atoms with Gasteiger partial charge in [0.2, 0.25) is 0 Å². The maximum Gasteiger partial charge on any atom is 0.258 e. The van der Waals surface area contributed by atoms with Crippen LogP contribution < -0.4 is 10.6 Å². The molecule has 0 fully saturated rings. The second-order valence-electron chi connectivity index (χ2n) is 4.26. The zero-order valence-electron chi connectivity index (χ0n) is 10.8. The largest absolute Gasteiger partial charge is 0.332 e. The van der Waals surface area contributed by atoms with Gasteiger partial charge in [0.1, 0.15) is 0 Å². The minimum absolute atomic E-state index is 0.208. The summed E-state index contributed by atoms with van der Waals surface area (Å²) in [6, 6.07) is 15.2. The normalized spacial score (nSPS) is 9.90. The van der Waals surface area contributed by atoms with Gasteiger partial charge in [-0.25, -0.2) is 0 Å². The summed E-state index contributed by atoms with van der Waals surface area (Å²) in [5.41, 5.74) is 2.60. The predicted octanol–water partition coefficient (Wildman–Crippen LogP) is 3.73. The molecule has 2 aromatic carbocycles. The first-order valence-corrected chi connectivity index (χ1v) is 7.48. The van der Waals surface area contributed by atoms with Crippen LogP contribution >= 0.6 is 34.8 Å². The Labute approximate surface area is 136 Å². The SMILES string of the molecule is Cc1cccc(NC(=S)NC(=O)c2ccccc2I)c1. The number of thiocarbonyl (C=S) groups is 1. The van der Waals surface area contributed by atoms with Crippen LogP contribution in [0.3, 0.4) is 0 Å². The highest BCUT2D eigenvalue weighted by atomic mass is 127. The van der Waals surface area contributed by atoms with Gasteiger partial charge >= 0.3 is 0 Å². The summed E-state index contributed by atoms with van der Waals surface area (Å²) >= 11 is 7.28. The number of benzene rings is 2. The topological polar surface area (TPSA) is 41.1 Å². The molecule has 0 bridgehead atoms. The van der Waals surface area contributed by atoms with Crippen molar-refractivity contribution in [2.24, 2.45) is 0 Å². The Hall–Kier alpha value is -1.47. The van der Waals surface area contributed by atoms with Gasteiger partial charge in [-0.05, 0) is 71.6 Å². The Morgan fingerprint density at radius 1 is 1.15 bits per heavy atom.